The van der Waals surface area contributed by atoms with Crippen LogP contribution in [0.4, 0.5) is 0 Å². The molecule has 0 atom stereocenters. The molecule has 0 fully saturated rings. The molecule has 0 aliphatic carbocycles. The summed E-state index contributed by atoms with van der Waals surface area (Å²) in [7, 11) is 1.25. The van der Waals surface area contributed by atoms with Crippen LogP contribution in [0.5, 0.6) is 5.75 Å². The number of hydrogen-bond donors (Lipinski definition) is 0. The van der Waals surface area contributed by atoms with Crippen LogP contribution >= 0.6 is 11.6 Å². The first kappa shape index (κ1) is 15.9. The second kappa shape index (κ2) is 9.01. The summed E-state index contributed by atoms with van der Waals surface area (Å²) in [6.07, 6.45) is 1.13. The maximum Gasteiger partial charge on any atom is 0.348 e. The molecule has 0 saturated heterocycles. The van der Waals surface area contributed by atoms with E-state index in [9.17, 15) is 9.59 Å². The molecule has 1 rings (SSSR count). The number of hydrogen-bond acceptors (Lipinski definition) is 4. The Morgan fingerprint density at radius 3 is 2.17 bits per heavy atom. The lowest BCUT2D eigenvalue weighted by molar-refractivity contribution is -0.135. The SMILES string of the molecule is C=C(Cl)C(=O)OC.C=CC(=O)Oc1ccccc1. The first-order valence-corrected chi connectivity index (χ1v) is 5.21. The molecular weight excluding hydrogens is 256 g/mol. The number of halogens is 1. The number of carbonyl (C=O) groups excluding carboxylic acids is 2. The first-order chi connectivity index (χ1) is 8.51. The monoisotopic (exact) mass is 268 g/mol. The average molecular weight is 269 g/mol. The molecule has 0 unspecified atom stereocenters. The second-order valence-corrected chi connectivity index (χ2v) is 3.29. The van der Waals surface area contributed by atoms with Gasteiger partial charge in [0.15, 0.2) is 0 Å². The fourth-order valence-corrected chi connectivity index (χ4v) is 0.834. The normalized spacial score (nSPS) is 8.33. The van der Waals surface area contributed by atoms with Gasteiger partial charge in [-0.05, 0) is 12.1 Å². The molecule has 0 bridgehead atoms. The van der Waals surface area contributed by atoms with E-state index in [1.807, 2.05) is 6.07 Å². The van der Waals surface area contributed by atoms with E-state index in [-0.39, 0.29) is 5.03 Å². The summed E-state index contributed by atoms with van der Waals surface area (Å²) >= 11 is 5.06. The predicted octanol–water partition coefficient (Wildman–Crippen LogP) is 2.69. The Hall–Kier alpha value is -2.07. The first-order valence-electron chi connectivity index (χ1n) is 4.83. The molecule has 4 nitrogen and oxygen atoms in total. The number of esters is 2. The Kier molecular flexibility index (Phi) is 7.98. The fourth-order valence-electron chi connectivity index (χ4n) is 0.757. The van der Waals surface area contributed by atoms with Crippen LogP contribution in [0.15, 0.2) is 54.6 Å². The van der Waals surface area contributed by atoms with Crippen molar-refractivity contribution in [3.63, 3.8) is 0 Å². The maximum atomic E-state index is 10.6. The highest BCUT2D eigenvalue weighted by Crippen LogP contribution is 2.07. The minimum absolute atomic E-state index is 0.0949. The van der Waals surface area contributed by atoms with Crippen LogP contribution in [0, 0.1) is 0 Å². The number of ether oxygens (including phenoxy) is 2. The van der Waals surface area contributed by atoms with Gasteiger partial charge in [0.1, 0.15) is 10.8 Å². The number of methoxy groups -OCH3 is 1. The molecule has 0 radical (unpaired) electrons. The molecule has 5 heteroatoms. The predicted molar refractivity (Wildman–Crippen MR) is 69.3 cm³/mol. The molecule has 18 heavy (non-hydrogen) atoms. The van der Waals surface area contributed by atoms with Gasteiger partial charge in [-0.3, -0.25) is 0 Å². The van der Waals surface area contributed by atoms with E-state index in [2.05, 4.69) is 17.9 Å². The molecule has 0 amide bonds. The van der Waals surface area contributed by atoms with Gasteiger partial charge in [0.2, 0.25) is 0 Å². The van der Waals surface area contributed by atoms with Crippen molar-refractivity contribution in [2.24, 2.45) is 0 Å². The summed E-state index contributed by atoms with van der Waals surface area (Å²) < 4.78 is 8.95. The molecule has 0 saturated carbocycles. The molecule has 1 aromatic carbocycles. The molecule has 0 aliphatic heterocycles. The van der Waals surface area contributed by atoms with Crippen molar-refractivity contribution in [2.75, 3.05) is 7.11 Å². The van der Waals surface area contributed by atoms with Crippen molar-refractivity contribution in [3.8, 4) is 5.75 Å². The summed E-state index contributed by atoms with van der Waals surface area (Å²) in [6.45, 7) is 6.40. The molecule has 0 N–H and O–H groups in total. The van der Waals surface area contributed by atoms with Crippen LogP contribution in [0.3, 0.4) is 0 Å². The third-order valence-electron chi connectivity index (χ3n) is 1.54. The van der Waals surface area contributed by atoms with Crippen LogP contribution in [-0.2, 0) is 14.3 Å². The van der Waals surface area contributed by atoms with Gasteiger partial charge in [-0.15, -0.1) is 0 Å². The lowest BCUT2D eigenvalue weighted by atomic mass is 10.3. The summed E-state index contributed by atoms with van der Waals surface area (Å²) in [5.74, 6) is -0.477. The summed E-state index contributed by atoms with van der Waals surface area (Å²) in [5.41, 5.74) is 0. The van der Waals surface area contributed by atoms with Crippen LogP contribution in [0.25, 0.3) is 0 Å². The Morgan fingerprint density at radius 2 is 1.83 bits per heavy atom. The molecule has 0 spiro atoms. The number of benzene rings is 1. The smallest absolute Gasteiger partial charge is 0.348 e. The lowest BCUT2D eigenvalue weighted by Gasteiger charge is -1.98. The van der Waals surface area contributed by atoms with Gasteiger partial charge in [-0.1, -0.05) is 43.0 Å². The second-order valence-electron chi connectivity index (χ2n) is 2.83. The molecule has 0 aromatic heterocycles. The quantitative estimate of drug-likeness (QED) is 0.480. The average Bonchev–Trinajstić information content (AvgIpc) is 2.39. The zero-order valence-corrected chi connectivity index (χ0v) is 10.6. The van der Waals surface area contributed by atoms with Crippen LogP contribution in [0.1, 0.15) is 0 Å². The Bertz CT molecular complexity index is 426. The molecule has 1 aromatic rings. The van der Waals surface area contributed by atoms with Crippen molar-refractivity contribution in [1.29, 1.82) is 0 Å². The van der Waals surface area contributed by atoms with E-state index in [1.54, 1.807) is 24.3 Å². The Labute approximate surface area is 110 Å². The van der Waals surface area contributed by atoms with E-state index in [4.69, 9.17) is 16.3 Å². The largest absolute Gasteiger partial charge is 0.465 e. The van der Waals surface area contributed by atoms with Gasteiger partial charge in [0, 0.05) is 6.08 Å². The van der Waals surface area contributed by atoms with Crippen molar-refractivity contribution in [2.45, 2.75) is 0 Å². The minimum atomic E-state index is -0.582. The van der Waals surface area contributed by atoms with E-state index in [1.165, 1.54) is 7.11 Å². The highest BCUT2D eigenvalue weighted by Gasteiger charge is 1.98. The van der Waals surface area contributed by atoms with Crippen LogP contribution < -0.4 is 4.74 Å². The summed E-state index contributed by atoms with van der Waals surface area (Å²) in [6, 6.07) is 8.87. The third-order valence-corrected chi connectivity index (χ3v) is 1.69. The Balaban J connectivity index is 0.000000360. The summed E-state index contributed by atoms with van der Waals surface area (Å²) in [4.78, 5) is 20.7. The van der Waals surface area contributed by atoms with E-state index in [0.29, 0.717) is 5.75 Å². The molecular formula is C13H13ClO4. The molecule has 0 heterocycles. The van der Waals surface area contributed by atoms with Crippen molar-refractivity contribution < 1.29 is 19.1 Å². The van der Waals surface area contributed by atoms with Crippen molar-refractivity contribution in [3.05, 3.63) is 54.6 Å². The molecule has 0 aliphatic rings. The van der Waals surface area contributed by atoms with Gasteiger partial charge in [-0.25, -0.2) is 9.59 Å². The molecule has 96 valence electrons. The van der Waals surface area contributed by atoms with Crippen molar-refractivity contribution >= 4 is 23.5 Å². The highest BCUT2D eigenvalue weighted by atomic mass is 35.5. The van der Waals surface area contributed by atoms with E-state index in [0.717, 1.165) is 6.08 Å². The summed E-state index contributed by atoms with van der Waals surface area (Å²) in [5, 5.41) is -0.0949. The lowest BCUT2D eigenvalue weighted by Crippen LogP contribution is -2.02. The third kappa shape index (κ3) is 7.24. The zero-order valence-electron chi connectivity index (χ0n) is 9.89. The van der Waals surface area contributed by atoms with Gasteiger partial charge < -0.3 is 9.47 Å². The van der Waals surface area contributed by atoms with E-state index >= 15 is 0 Å². The highest BCUT2D eigenvalue weighted by molar-refractivity contribution is 6.40. The van der Waals surface area contributed by atoms with Gasteiger partial charge >= 0.3 is 11.9 Å². The van der Waals surface area contributed by atoms with Crippen molar-refractivity contribution in [1.82, 2.24) is 0 Å². The minimum Gasteiger partial charge on any atom is -0.465 e. The van der Waals surface area contributed by atoms with Crippen LogP contribution in [-0.4, -0.2) is 19.0 Å². The fraction of sp³-hybridized carbons (Fsp3) is 0.0769. The maximum absolute atomic E-state index is 10.6. The standard InChI is InChI=1S/C9H8O2.C4H5ClO2/c1-2-9(10)11-8-6-4-3-5-7-8;1-3(5)4(6)7-2/h2-7H,1H2;1H2,2H3. The van der Waals surface area contributed by atoms with Gasteiger partial charge in [0.05, 0.1) is 7.11 Å². The van der Waals surface area contributed by atoms with Gasteiger partial charge in [0.25, 0.3) is 0 Å². The Morgan fingerprint density at radius 1 is 1.28 bits per heavy atom. The number of carbonyl (C=O) groups is 2. The van der Waals surface area contributed by atoms with Crippen LogP contribution in [0.2, 0.25) is 0 Å². The topological polar surface area (TPSA) is 52.6 Å². The van der Waals surface area contributed by atoms with Gasteiger partial charge in [-0.2, -0.15) is 0 Å². The van der Waals surface area contributed by atoms with E-state index < -0.39 is 11.9 Å². The zero-order chi connectivity index (χ0) is 14.0. The number of para-hydroxylation sites is 1. The number of rotatable bonds is 3.